The lowest BCUT2D eigenvalue weighted by molar-refractivity contribution is 0.323. The SMILES string of the molecule is COc1cc(C(N)c2nc3ccccc3s2)cc(OC)c1OC. The number of benzene rings is 2. The minimum atomic E-state index is -0.360. The van der Waals surface area contributed by atoms with E-state index >= 15 is 0 Å². The molecule has 0 radical (unpaired) electrons. The van der Waals surface area contributed by atoms with Crippen LogP contribution < -0.4 is 19.9 Å². The third-order valence-electron chi connectivity index (χ3n) is 3.62. The number of para-hydroxylation sites is 1. The highest BCUT2D eigenvalue weighted by Gasteiger charge is 2.20. The summed E-state index contributed by atoms with van der Waals surface area (Å²) in [7, 11) is 4.75. The van der Waals surface area contributed by atoms with Crippen LogP contribution in [0.2, 0.25) is 0 Å². The highest BCUT2D eigenvalue weighted by molar-refractivity contribution is 7.18. The van der Waals surface area contributed by atoms with Crippen molar-refractivity contribution in [2.24, 2.45) is 5.73 Å². The molecule has 23 heavy (non-hydrogen) atoms. The Kier molecular flexibility index (Phi) is 4.36. The predicted octanol–water partition coefficient (Wildman–Crippen LogP) is 3.37. The second-order valence-corrected chi connectivity index (χ2v) is 6.02. The summed E-state index contributed by atoms with van der Waals surface area (Å²) in [6.07, 6.45) is 0. The number of aromatic nitrogens is 1. The molecule has 0 fully saturated rings. The molecular formula is C17H18N2O3S. The summed E-state index contributed by atoms with van der Waals surface area (Å²) >= 11 is 1.59. The van der Waals surface area contributed by atoms with Crippen LogP contribution in [0.1, 0.15) is 16.6 Å². The lowest BCUT2D eigenvalue weighted by Crippen LogP contribution is -2.12. The second kappa shape index (κ2) is 6.44. The zero-order chi connectivity index (χ0) is 16.4. The molecule has 3 rings (SSSR count). The number of nitrogens with two attached hydrogens (primary N) is 1. The van der Waals surface area contributed by atoms with E-state index in [1.807, 2.05) is 36.4 Å². The van der Waals surface area contributed by atoms with Gasteiger partial charge in [0, 0.05) is 0 Å². The first-order valence-electron chi connectivity index (χ1n) is 7.09. The molecule has 1 heterocycles. The molecule has 6 heteroatoms. The van der Waals surface area contributed by atoms with E-state index in [0.717, 1.165) is 20.8 Å². The number of methoxy groups -OCH3 is 3. The number of hydrogen-bond donors (Lipinski definition) is 1. The van der Waals surface area contributed by atoms with Crippen molar-refractivity contribution in [1.29, 1.82) is 0 Å². The molecule has 0 saturated heterocycles. The van der Waals surface area contributed by atoms with Crippen molar-refractivity contribution < 1.29 is 14.2 Å². The predicted molar refractivity (Wildman–Crippen MR) is 91.7 cm³/mol. The molecule has 2 N–H and O–H groups in total. The normalized spacial score (nSPS) is 12.2. The van der Waals surface area contributed by atoms with Gasteiger partial charge in [-0.15, -0.1) is 11.3 Å². The number of hydrogen-bond acceptors (Lipinski definition) is 6. The van der Waals surface area contributed by atoms with Crippen molar-refractivity contribution in [1.82, 2.24) is 4.98 Å². The molecule has 1 atom stereocenters. The summed E-state index contributed by atoms with van der Waals surface area (Å²) in [5.41, 5.74) is 8.23. The van der Waals surface area contributed by atoms with Crippen LogP contribution in [0.15, 0.2) is 36.4 Å². The number of fused-ring (bicyclic) bond motifs is 1. The van der Waals surface area contributed by atoms with E-state index in [2.05, 4.69) is 4.98 Å². The standard InChI is InChI=1S/C17H18N2O3S/c1-20-12-8-10(9-13(21-2)16(12)22-3)15(18)17-19-11-6-4-5-7-14(11)23-17/h4-9,15H,18H2,1-3H3. The van der Waals surface area contributed by atoms with Gasteiger partial charge in [-0.2, -0.15) is 0 Å². The number of rotatable bonds is 5. The fraction of sp³-hybridized carbons (Fsp3) is 0.235. The first-order valence-corrected chi connectivity index (χ1v) is 7.90. The highest BCUT2D eigenvalue weighted by Crippen LogP contribution is 2.41. The first kappa shape index (κ1) is 15.6. The van der Waals surface area contributed by atoms with Gasteiger partial charge in [0.2, 0.25) is 5.75 Å². The Morgan fingerprint density at radius 3 is 2.22 bits per heavy atom. The van der Waals surface area contributed by atoms with Crippen LogP contribution in [0.3, 0.4) is 0 Å². The smallest absolute Gasteiger partial charge is 0.203 e. The zero-order valence-electron chi connectivity index (χ0n) is 13.2. The molecule has 5 nitrogen and oxygen atoms in total. The topological polar surface area (TPSA) is 66.6 Å². The number of thiazole rings is 1. The fourth-order valence-electron chi connectivity index (χ4n) is 2.45. The average molecular weight is 330 g/mol. The highest BCUT2D eigenvalue weighted by atomic mass is 32.1. The van der Waals surface area contributed by atoms with E-state index in [9.17, 15) is 0 Å². The summed E-state index contributed by atoms with van der Waals surface area (Å²) in [4.78, 5) is 4.62. The molecule has 3 aromatic rings. The molecule has 1 aromatic heterocycles. The van der Waals surface area contributed by atoms with E-state index in [4.69, 9.17) is 19.9 Å². The summed E-state index contributed by atoms with van der Waals surface area (Å²) in [6, 6.07) is 11.3. The quantitative estimate of drug-likeness (QED) is 0.777. The molecule has 0 aliphatic rings. The van der Waals surface area contributed by atoms with Gasteiger partial charge in [0.05, 0.1) is 37.6 Å². The molecule has 0 amide bonds. The van der Waals surface area contributed by atoms with Crippen molar-refractivity contribution in [3.8, 4) is 17.2 Å². The van der Waals surface area contributed by atoms with Crippen molar-refractivity contribution in [3.63, 3.8) is 0 Å². The molecule has 0 aliphatic carbocycles. The molecular weight excluding hydrogens is 312 g/mol. The Hall–Kier alpha value is -2.31. The third kappa shape index (κ3) is 2.83. The lowest BCUT2D eigenvalue weighted by atomic mass is 10.1. The van der Waals surface area contributed by atoms with Crippen LogP contribution in [-0.4, -0.2) is 26.3 Å². The van der Waals surface area contributed by atoms with Crippen LogP contribution in [0.5, 0.6) is 17.2 Å². The fourth-order valence-corrected chi connectivity index (χ4v) is 3.44. The Morgan fingerprint density at radius 2 is 1.65 bits per heavy atom. The van der Waals surface area contributed by atoms with Gasteiger partial charge in [0.25, 0.3) is 0 Å². The van der Waals surface area contributed by atoms with Gasteiger partial charge < -0.3 is 19.9 Å². The van der Waals surface area contributed by atoms with Crippen LogP contribution in [-0.2, 0) is 0 Å². The summed E-state index contributed by atoms with van der Waals surface area (Å²) < 4.78 is 17.2. The van der Waals surface area contributed by atoms with E-state index in [1.165, 1.54) is 0 Å². The van der Waals surface area contributed by atoms with Gasteiger partial charge in [-0.05, 0) is 29.8 Å². The first-order chi connectivity index (χ1) is 11.2. The molecule has 0 aliphatic heterocycles. The number of ether oxygens (including phenoxy) is 3. The van der Waals surface area contributed by atoms with Gasteiger partial charge in [0.15, 0.2) is 11.5 Å². The maximum Gasteiger partial charge on any atom is 0.203 e. The van der Waals surface area contributed by atoms with Crippen molar-refractivity contribution in [2.45, 2.75) is 6.04 Å². The largest absolute Gasteiger partial charge is 0.493 e. The van der Waals surface area contributed by atoms with E-state index in [-0.39, 0.29) is 6.04 Å². The Bertz CT molecular complexity index is 774. The summed E-state index contributed by atoms with van der Waals surface area (Å²) in [5.74, 6) is 1.71. The van der Waals surface area contributed by atoms with Gasteiger partial charge in [-0.25, -0.2) is 4.98 Å². The van der Waals surface area contributed by atoms with Crippen LogP contribution in [0.4, 0.5) is 0 Å². The van der Waals surface area contributed by atoms with Crippen LogP contribution in [0.25, 0.3) is 10.2 Å². The van der Waals surface area contributed by atoms with Gasteiger partial charge in [-0.1, -0.05) is 12.1 Å². The van der Waals surface area contributed by atoms with Crippen LogP contribution in [0, 0.1) is 0 Å². The van der Waals surface area contributed by atoms with Crippen molar-refractivity contribution in [2.75, 3.05) is 21.3 Å². The summed E-state index contributed by atoms with van der Waals surface area (Å²) in [5, 5.41) is 0.848. The van der Waals surface area contributed by atoms with Crippen LogP contribution >= 0.6 is 11.3 Å². The third-order valence-corrected chi connectivity index (χ3v) is 4.74. The Labute approximate surface area is 138 Å². The molecule has 120 valence electrons. The molecule has 0 bridgehead atoms. The lowest BCUT2D eigenvalue weighted by Gasteiger charge is -2.16. The molecule has 0 saturated carbocycles. The average Bonchev–Trinajstić information content (AvgIpc) is 3.03. The molecule has 0 spiro atoms. The zero-order valence-corrected chi connectivity index (χ0v) is 14.0. The van der Waals surface area contributed by atoms with Gasteiger partial charge >= 0.3 is 0 Å². The summed E-state index contributed by atoms with van der Waals surface area (Å²) in [6.45, 7) is 0. The second-order valence-electron chi connectivity index (χ2n) is 4.96. The van der Waals surface area contributed by atoms with E-state index in [0.29, 0.717) is 17.2 Å². The van der Waals surface area contributed by atoms with Crippen molar-refractivity contribution >= 4 is 21.6 Å². The van der Waals surface area contributed by atoms with Gasteiger partial charge in [-0.3, -0.25) is 0 Å². The number of nitrogens with zero attached hydrogens (tertiary/aromatic N) is 1. The van der Waals surface area contributed by atoms with Gasteiger partial charge in [0.1, 0.15) is 5.01 Å². The minimum absolute atomic E-state index is 0.360. The minimum Gasteiger partial charge on any atom is -0.493 e. The monoisotopic (exact) mass is 330 g/mol. The van der Waals surface area contributed by atoms with Crippen molar-refractivity contribution in [3.05, 3.63) is 47.0 Å². The van der Waals surface area contributed by atoms with E-state index < -0.39 is 0 Å². The maximum atomic E-state index is 6.41. The Balaban J connectivity index is 2.06. The maximum absolute atomic E-state index is 6.41. The van der Waals surface area contributed by atoms with E-state index in [1.54, 1.807) is 32.7 Å². The molecule has 1 unspecified atom stereocenters. The Morgan fingerprint density at radius 1 is 1.00 bits per heavy atom. The molecule has 2 aromatic carbocycles.